The van der Waals surface area contributed by atoms with Crippen LogP contribution in [0.2, 0.25) is 0 Å². The molecule has 1 unspecified atom stereocenters. The number of non-ortho nitro benzene ring substituents is 1. The maximum atomic E-state index is 12.7. The summed E-state index contributed by atoms with van der Waals surface area (Å²) in [7, 11) is 0. The van der Waals surface area contributed by atoms with Crippen molar-refractivity contribution in [1.29, 1.82) is 0 Å². The Morgan fingerprint density at radius 1 is 1.13 bits per heavy atom. The molecule has 0 fully saturated rings. The third-order valence-corrected chi connectivity index (χ3v) is 5.31. The number of carbonyl (C=O) groups excluding carboxylic acids is 1. The first-order valence-electron chi connectivity index (χ1n) is 10.4. The second-order valence-corrected chi connectivity index (χ2v) is 7.22. The SMILES string of the molecule is CCN(CC)C(CNC(=O)c1cnn(-c2ccc([N+](=O)[O-])cc2)c1)Cc1ccccc1. The van der Waals surface area contributed by atoms with E-state index in [0.717, 1.165) is 19.5 Å². The van der Waals surface area contributed by atoms with Gasteiger partial charge in [-0.05, 0) is 37.2 Å². The minimum atomic E-state index is -0.451. The van der Waals surface area contributed by atoms with Gasteiger partial charge < -0.3 is 5.32 Å². The molecular weight excluding hydrogens is 394 g/mol. The van der Waals surface area contributed by atoms with Crippen LogP contribution in [-0.4, -0.2) is 51.2 Å². The number of hydrogen-bond acceptors (Lipinski definition) is 5. The molecule has 3 aromatic rings. The highest BCUT2D eigenvalue weighted by atomic mass is 16.6. The molecule has 1 aromatic heterocycles. The highest BCUT2D eigenvalue weighted by molar-refractivity contribution is 5.93. The number of amides is 1. The van der Waals surface area contributed by atoms with Crippen LogP contribution in [-0.2, 0) is 6.42 Å². The van der Waals surface area contributed by atoms with Gasteiger partial charge in [-0.2, -0.15) is 5.10 Å². The number of nitrogens with zero attached hydrogens (tertiary/aromatic N) is 4. The summed E-state index contributed by atoms with van der Waals surface area (Å²) >= 11 is 0. The molecule has 0 saturated heterocycles. The van der Waals surface area contributed by atoms with Crippen LogP contribution in [0.1, 0.15) is 29.8 Å². The fraction of sp³-hybridized carbons (Fsp3) is 0.304. The van der Waals surface area contributed by atoms with E-state index in [-0.39, 0.29) is 17.6 Å². The van der Waals surface area contributed by atoms with Crippen LogP contribution in [0.4, 0.5) is 5.69 Å². The standard InChI is InChI=1S/C23H27N5O3/c1-3-26(4-2)22(14-18-8-6-5-7-9-18)16-24-23(29)19-15-25-27(17-19)20-10-12-21(13-11-20)28(30)31/h5-13,15,17,22H,3-4,14,16H2,1-2H3,(H,24,29). The molecule has 0 radical (unpaired) electrons. The van der Waals surface area contributed by atoms with Crippen LogP contribution in [0.5, 0.6) is 0 Å². The van der Waals surface area contributed by atoms with Gasteiger partial charge in [0.25, 0.3) is 11.6 Å². The maximum Gasteiger partial charge on any atom is 0.269 e. The lowest BCUT2D eigenvalue weighted by atomic mass is 10.0. The van der Waals surface area contributed by atoms with Crippen LogP contribution in [0.3, 0.4) is 0 Å². The van der Waals surface area contributed by atoms with Gasteiger partial charge in [0, 0.05) is 30.9 Å². The minimum absolute atomic E-state index is 0.00901. The second kappa shape index (κ2) is 10.5. The lowest BCUT2D eigenvalue weighted by molar-refractivity contribution is -0.384. The first-order chi connectivity index (χ1) is 15.0. The molecule has 0 saturated carbocycles. The van der Waals surface area contributed by atoms with Crippen molar-refractivity contribution in [3.63, 3.8) is 0 Å². The zero-order valence-electron chi connectivity index (χ0n) is 17.8. The van der Waals surface area contributed by atoms with E-state index in [4.69, 9.17) is 0 Å². The summed E-state index contributed by atoms with van der Waals surface area (Å²) in [6.45, 7) is 6.58. The molecule has 8 heteroatoms. The minimum Gasteiger partial charge on any atom is -0.350 e. The summed E-state index contributed by atoms with van der Waals surface area (Å²) < 4.78 is 1.53. The number of rotatable bonds is 10. The van der Waals surface area contributed by atoms with Crippen molar-refractivity contribution >= 4 is 11.6 Å². The number of carbonyl (C=O) groups is 1. The molecular formula is C23H27N5O3. The molecule has 0 spiro atoms. The summed E-state index contributed by atoms with van der Waals surface area (Å²) in [5, 5.41) is 18.1. The van der Waals surface area contributed by atoms with Gasteiger partial charge in [0.05, 0.1) is 22.4 Å². The van der Waals surface area contributed by atoms with Gasteiger partial charge in [0.15, 0.2) is 0 Å². The lowest BCUT2D eigenvalue weighted by Crippen LogP contribution is -2.45. The maximum absolute atomic E-state index is 12.7. The number of nitro benzene ring substituents is 1. The fourth-order valence-corrected chi connectivity index (χ4v) is 3.58. The molecule has 8 nitrogen and oxygen atoms in total. The number of likely N-dealkylation sites (N-methyl/N-ethyl adjacent to an activating group) is 1. The Hall–Kier alpha value is -3.52. The first kappa shape index (κ1) is 22.2. The fourth-order valence-electron chi connectivity index (χ4n) is 3.58. The largest absolute Gasteiger partial charge is 0.350 e. The van der Waals surface area contributed by atoms with E-state index >= 15 is 0 Å². The van der Waals surface area contributed by atoms with Crippen LogP contribution in [0.25, 0.3) is 5.69 Å². The van der Waals surface area contributed by atoms with E-state index in [9.17, 15) is 14.9 Å². The second-order valence-electron chi connectivity index (χ2n) is 7.22. The van der Waals surface area contributed by atoms with E-state index in [1.165, 1.54) is 28.6 Å². The van der Waals surface area contributed by atoms with Crippen molar-refractivity contribution in [2.24, 2.45) is 0 Å². The number of nitro groups is 1. The monoisotopic (exact) mass is 421 g/mol. The third kappa shape index (κ3) is 5.76. The van der Waals surface area contributed by atoms with Crippen molar-refractivity contribution in [3.05, 3.63) is 88.2 Å². The summed E-state index contributed by atoms with van der Waals surface area (Å²) in [5.74, 6) is -0.196. The smallest absolute Gasteiger partial charge is 0.269 e. The van der Waals surface area contributed by atoms with Gasteiger partial charge in [0.1, 0.15) is 0 Å². The van der Waals surface area contributed by atoms with Crippen LogP contribution in [0, 0.1) is 10.1 Å². The summed E-state index contributed by atoms with van der Waals surface area (Å²) in [4.78, 5) is 25.4. The number of aromatic nitrogens is 2. The van der Waals surface area contributed by atoms with Crippen LogP contribution >= 0.6 is 0 Å². The van der Waals surface area contributed by atoms with E-state index in [1.807, 2.05) is 18.2 Å². The van der Waals surface area contributed by atoms with Crippen LogP contribution in [0.15, 0.2) is 67.0 Å². The molecule has 0 aliphatic carbocycles. The van der Waals surface area contributed by atoms with E-state index in [0.29, 0.717) is 17.8 Å². The number of nitrogens with one attached hydrogen (secondary N) is 1. The van der Waals surface area contributed by atoms with Gasteiger partial charge in [-0.15, -0.1) is 0 Å². The molecule has 0 aliphatic rings. The summed E-state index contributed by atoms with van der Waals surface area (Å²) in [6.07, 6.45) is 3.98. The molecule has 1 amide bonds. The predicted molar refractivity (Wildman–Crippen MR) is 119 cm³/mol. The summed E-state index contributed by atoms with van der Waals surface area (Å²) in [6, 6.07) is 16.5. The van der Waals surface area contributed by atoms with Gasteiger partial charge in [0.2, 0.25) is 0 Å². The first-order valence-corrected chi connectivity index (χ1v) is 10.4. The number of hydrogen-bond donors (Lipinski definition) is 1. The van der Waals surface area contributed by atoms with E-state index in [1.54, 1.807) is 18.3 Å². The van der Waals surface area contributed by atoms with Crippen molar-refractivity contribution in [1.82, 2.24) is 20.0 Å². The Morgan fingerprint density at radius 2 is 1.81 bits per heavy atom. The quantitative estimate of drug-likeness (QED) is 0.400. The Kier molecular flexibility index (Phi) is 7.50. The van der Waals surface area contributed by atoms with E-state index < -0.39 is 4.92 Å². The Labute approximate surface area is 181 Å². The molecule has 0 aliphatic heterocycles. The zero-order valence-corrected chi connectivity index (χ0v) is 17.8. The highest BCUT2D eigenvalue weighted by Gasteiger charge is 2.18. The third-order valence-electron chi connectivity index (χ3n) is 5.31. The van der Waals surface area contributed by atoms with Crippen molar-refractivity contribution in [3.8, 4) is 5.69 Å². The van der Waals surface area contributed by atoms with E-state index in [2.05, 4.69) is 41.3 Å². The van der Waals surface area contributed by atoms with Crippen molar-refractivity contribution in [2.75, 3.05) is 19.6 Å². The van der Waals surface area contributed by atoms with Crippen LogP contribution < -0.4 is 5.32 Å². The normalized spacial score (nSPS) is 12.0. The Morgan fingerprint density at radius 3 is 2.42 bits per heavy atom. The molecule has 0 bridgehead atoms. The van der Waals surface area contributed by atoms with Crippen molar-refractivity contribution in [2.45, 2.75) is 26.3 Å². The zero-order chi connectivity index (χ0) is 22.2. The number of benzene rings is 2. The van der Waals surface area contributed by atoms with Gasteiger partial charge >= 0.3 is 0 Å². The molecule has 1 heterocycles. The predicted octanol–water partition coefficient (Wildman–Crippen LogP) is 3.46. The highest BCUT2D eigenvalue weighted by Crippen LogP contribution is 2.15. The van der Waals surface area contributed by atoms with Crippen molar-refractivity contribution < 1.29 is 9.72 Å². The molecule has 1 N–H and O–H groups in total. The lowest BCUT2D eigenvalue weighted by Gasteiger charge is -2.30. The van der Waals surface area contributed by atoms with Gasteiger partial charge in [-0.1, -0.05) is 44.2 Å². The Balaban J connectivity index is 1.66. The molecule has 162 valence electrons. The molecule has 31 heavy (non-hydrogen) atoms. The average Bonchev–Trinajstić information content (AvgIpc) is 3.29. The Bertz CT molecular complexity index is 998. The average molecular weight is 422 g/mol. The molecule has 3 rings (SSSR count). The van der Waals surface area contributed by atoms with Gasteiger partial charge in [-0.25, -0.2) is 4.68 Å². The summed E-state index contributed by atoms with van der Waals surface area (Å²) in [5.41, 5.74) is 2.33. The molecule has 2 aromatic carbocycles. The van der Waals surface area contributed by atoms with Gasteiger partial charge in [-0.3, -0.25) is 19.8 Å². The molecule has 1 atom stereocenters. The topological polar surface area (TPSA) is 93.3 Å².